The molecule has 0 aliphatic heterocycles. The maximum atomic E-state index is 13.0. The predicted molar refractivity (Wildman–Crippen MR) is 121 cm³/mol. The third kappa shape index (κ3) is 2.95. The molecular weight excluding hydrogens is 422 g/mol. The number of hydrogen-bond donors (Lipinski definition) is 4. The number of aliphatic hydroxyl groups excluding tert-OH is 1. The highest BCUT2D eigenvalue weighted by molar-refractivity contribution is 6.04. The van der Waals surface area contributed by atoms with E-state index in [0.717, 1.165) is 12.8 Å². The van der Waals surface area contributed by atoms with Crippen LogP contribution in [0.5, 0.6) is 0 Å². The van der Waals surface area contributed by atoms with E-state index in [9.17, 15) is 24.9 Å². The SMILES string of the molecule is CC1=C[C@H]2[C@@]3(O)[C@H](C)C[C@]4(OC(=O)[C@@H](N)CC5CC5)[C@@H]([C@@H]3C=C(CO)C[C@]2(O)C1=O)C4(C)C. The van der Waals surface area contributed by atoms with Gasteiger partial charge in [-0.15, -0.1) is 0 Å². The van der Waals surface area contributed by atoms with E-state index < -0.39 is 51.8 Å². The lowest BCUT2D eigenvalue weighted by atomic mass is 9.60. The van der Waals surface area contributed by atoms with Crippen LogP contribution in [0.1, 0.15) is 59.8 Å². The van der Waals surface area contributed by atoms with Gasteiger partial charge >= 0.3 is 5.97 Å². The van der Waals surface area contributed by atoms with Crippen LogP contribution in [0.2, 0.25) is 0 Å². The van der Waals surface area contributed by atoms with Crippen molar-refractivity contribution < 1.29 is 29.6 Å². The Morgan fingerprint density at radius 3 is 2.55 bits per heavy atom. The minimum Gasteiger partial charge on any atom is -0.457 e. The summed E-state index contributed by atoms with van der Waals surface area (Å²) in [5.41, 5.74) is 2.75. The van der Waals surface area contributed by atoms with Gasteiger partial charge in [0.25, 0.3) is 0 Å². The van der Waals surface area contributed by atoms with E-state index in [4.69, 9.17) is 10.5 Å². The summed E-state index contributed by atoms with van der Waals surface area (Å²) in [6.07, 6.45) is 6.81. The molecular formula is C26H37NO6. The molecule has 0 radical (unpaired) electrons. The van der Waals surface area contributed by atoms with E-state index in [0.29, 0.717) is 29.9 Å². The molecule has 8 atom stereocenters. The second kappa shape index (κ2) is 7.00. The molecule has 0 aromatic heterocycles. The average molecular weight is 460 g/mol. The first-order valence-corrected chi connectivity index (χ1v) is 12.3. The molecule has 0 spiro atoms. The molecule has 33 heavy (non-hydrogen) atoms. The van der Waals surface area contributed by atoms with Crippen molar-refractivity contribution in [1.29, 1.82) is 0 Å². The number of carbonyl (C=O) groups excluding carboxylic acids is 2. The Morgan fingerprint density at radius 2 is 1.94 bits per heavy atom. The fraction of sp³-hybridized carbons (Fsp3) is 0.769. The smallest absolute Gasteiger partial charge is 0.323 e. The number of esters is 1. The highest BCUT2D eigenvalue weighted by Gasteiger charge is 2.83. The van der Waals surface area contributed by atoms with Crippen LogP contribution in [0, 0.1) is 35.0 Å². The average Bonchev–Trinajstić information content (AvgIpc) is 3.62. The maximum Gasteiger partial charge on any atom is 0.323 e. The molecule has 5 aliphatic rings. The summed E-state index contributed by atoms with van der Waals surface area (Å²) in [5, 5.41) is 33.9. The Balaban J connectivity index is 1.54. The van der Waals surface area contributed by atoms with E-state index >= 15 is 0 Å². The molecule has 0 aromatic rings. The summed E-state index contributed by atoms with van der Waals surface area (Å²) in [7, 11) is 0. The van der Waals surface area contributed by atoms with E-state index in [1.54, 1.807) is 13.0 Å². The van der Waals surface area contributed by atoms with Crippen molar-refractivity contribution in [3.8, 4) is 0 Å². The number of ketones is 1. The molecule has 0 saturated heterocycles. The van der Waals surface area contributed by atoms with E-state index in [-0.39, 0.29) is 24.9 Å². The van der Waals surface area contributed by atoms with Crippen LogP contribution in [0.15, 0.2) is 23.3 Å². The third-order valence-corrected chi connectivity index (χ3v) is 9.74. The van der Waals surface area contributed by atoms with Crippen molar-refractivity contribution in [2.24, 2.45) is 40.7 Å². The first-order chi connectivity index (χ1) is 15.3. The number of rotatable bonds is 5. The summed E-state index contributed by atoms with van der Waals surface area (Å²) >= 11 is 0. The molecule has 7 heteroatoms. The normalized spacial score (nSPS) is 46.2. The Labute approximate surface area is 195 Å². The monoisotopic (exact) mass is 459 g/mol. The topological polar surface area (TPSA) is 130 Å². The molecule has 7 nitrogen and oxygen atoms in total. The Hall–Kier alpha value is -1.54. The Morgan fingerprint density at radius 1 is 1.27 bits per heavy atom. The molecule has 182 valence electrons. The van der Waals surface area contributed by atoms with Gasteiger partial charge in [-0.1, -0.05) is 45.8 Å². The van der Waals surface area contributed by atoms with Gasteiger partial charge in [-0.05, 0) is 42.7 Å². The zero-order valence-electron chi connectivity index (χ0n) is 20.0. The molecule has 0 bridgehead atoms. The minimum absolute atomic E-state index is 0.0153. The van der Waals surface area contributed by atoms with Crippen molar-refractivity contribution >= 4 is 11.8 Å². The van der Waals surface area contributed by atoms with Crippen LogP contribution in [0.3, 0.4) is 0 Å². The lowest BCUT2D eigenvalue weighted by Gasteiger charge is -2.50. The highest BCUT2D eigenvalue weighted by Crippen LogP contribution is 2.76. The van der Waals surface area contributed by atoms with Gasteiger partial charge in [0.1, 0.15) is 17.2 Å². The van der Waals surface area contributed by atoms with Crippen LogP contribution >= 0.6 is 0 Å². The first kappa shape index (κ1) is 23.2. The van der Waals surface area contributed by atoms with Crippen LogP contribution in [0.25, 0.3) is 0 Å². The zero-order valence-corrected chi connectivity index (χ0v) is 20.0. The minimum atomic E-state index is -1.78. The summed E-state index contributed by atoms with van der Waals surface area (Å²) < 4.78 is 6.20. The van der Waals surface area contributed by atoms with Crippen molar-refractivity contribution in [1.82, 2.24) is 0 Å². The maximum absolute atomic E-state index is 13.0. The molecule has 3 fully saturated rings. The van der Waals surface area contributed by atoms with Gasteiger partial charge in [0.05, 0.1) is 12.2 Å². The molecule has 5 rings (SSSR count). The molecule has 0 heterocycles. The molecule has 0 amide bonds. The van der Waals surface area contributed by atoms with E-state index in [1.165, 1.54) is 0 Å². The number of aliphatic hydroxyl groups is 3. The number of fused-ring (bicyclic) bond motifs is 5. The van der Waals surface area contributed by atoms with Gasteiger partial charge in [-0.2, -0.15) is 0 Å². The predicted octanol–water partition coefficient (Wildman–Crippen LogP) is 1.64. The van der Waals surface area contributed by atoms with Crippen LogP contribution in [-0.2, 0) is 14.3 Å². The van der Waals surface area contributed by atoms with E-state index in [1.807, 2.05) is 26.8 Å². The van der Waals surface area contributed by atoms with Crippen molar-refractivity contribution in [2.45, 2.75) is 82.6 Å². The summed E-state index contributed by atoms with van der Waals surface area (Å²) in [5.74, 6) is -2.13. The number of nitrogens with two attached hydrogens (primary N) is 1. The van der Waals surface area contributed by atoms with Crippen LogP contribution in [0.4, 0.5) is 0 Å². The van der Waals surface area contributed by atoms with Crippen molar-refractivity contribution in [2.75, 3.05) is 6.61 Å². The van der Waals surface area contributed by atoms with Gasteiger partial charge in [-0.3, -0.25) is 9.59 Å². The quantitative estimate of drug-likeness (QED) is 0.363. The van der Waals surface area contributed by atoms with Gasteiger partial charge in [0, 0.05) is 29.6 Å². The van der Waals surface area contributed by atoms with Gasteiger partial charge < -0.3 is 25.8 Å². The molecule has 0 unspecified atom stereocenters. The highest BCUT2D eigenvalue weighted by atomic mass is 16.6. The number of carbonyl (C=O) groups is 2. The zero-order chi connectivity index (χ0) is 24.1. The number of ether oxygens (including phenoxy) is 1. The molecule has 0 aromatic carbocycles. The molecule has 5 N–H and O–H groups in total. The van der Waals surface area contributed by atoms with Crippen LogP contribution < -0.4 is 5.73 Å². The largest absolute Gasteiger partial charge is 0.457 e. The van der Waals surface area contributed by atoms with Gasteiger partial charge in [0.2, 0.25) is 0 Å². The van der Waals surface area contributed by atoms with Crippen LogP contribution in [-0.4, -0.2) is 56.5 Å². The summed E-state index contributed by atoms with van der Waals surface area (Å²) in [6, 6.07) is -0.652. The molecule has 3 saturated carbocycles. The fourth-order valence-corrected chi connectivity index (χ4v) is 7.66. The van der Waals surface area contributed by atoms with Crippen molar-refractivity contribution in [3.63, 3.8) is 0 Å². The van der Waals surface area contributed by atoms with Gasteiger partial charge in [0.15, 0.2) is 5.78 Å². The summed E-state index contributed by atoms with van der Waals surface area (Å²) in [6.45, 7) is 7.34. The number of hydrogen-bond acceptors (Lipinski definition) is 7. The molecule has 5 aliphatic carbocycles. The lowest BCUT2D eigenvalue weighted by molar-refractivity contribution is -0.187. The Bertz CT molecular complexity index is 966. The second-order valence-electron chi connectivity index (χ2n) is 12.1. The fourth-order valence-electron chi connectivity index (χ4n) is 7.66. The van der Waals surface area contributed by atoms with Crippen molar-refractivity contribution in [3.05, 3.63) is 23.3 Å². The first-order valence-electron chi connectivity index (χ1n) is 12.3. The number of Topliss-reactive ketones (excluding diaryl/α,β-unsaturated/α-hetero) is 1. The summed E-state index contributed by atoms with van der Waals surface area (Å²) in [4.78, 5) is 26.0. The van der Waals surface area contributed by atoms with E-state index in [2.05, 4.69) is 0 Å². The second-order valence-corrected chi connectivity index (χ2v) is 12.1. The lowest BCUT2D eigenvalue weighted by Crippen LogP contribution is -2.61. The standard InChI is InChI=1S/C26H37NO6/c1-13-7-19-24(31,21(13)29)11-16(12-28)8-17-20-23(3,4)25(20,10-14(2)26(17,19)32)33-22(30)18(27)9-15-5-6-15/h7-8,14-15,17-20,28,31-32H,5-6,9-12,27H2,1-4H3/t14-,17+,18+,19-,20+,24-,25+,26-/m1/s1. The Kier molecular flexibility index (Phi) is 4.92. The third-order valence-electron chi connectivity index (χ3n) is 9.74. The van der Waals surface area contributed by atoms with Gasteiger partial charge in [-0.25, -0.2) is 0 Å².